The van der Waals surface area contributed by atoms with E-state index in [2.05, 4.69) is 4.72 Å². The summed E-state index contributed by atoms with van der Waals surface area (Å²) in [5.74, 6) is -0.277. The molecule has 4 nitrogen and oxygen atoms in total. The van der Waals surface area contributed by atoms with Crippen molar-refractivity contribution in [2.45, 2.75) is 6.92 Å². The number of anilines is 1. The maximum Gasteiger partial charge on any atom is 0.234 e. The molecule has 0 aliphatic rings. The van der Waals surface area contributed by atoms with Gasteiger partial charge in [-0.3, -0.25) is 4.72 Å². The van der Waals surface area contributed by atoms with Gasteiger partial charge < -0.3 is 5.11 Å². The highest BCUT2D eigenvalue weighted by Crippen LogP contribution is 2.11. The lowest BCUT2D eigenvalue weighted by Gasteiger charge is -2.06. The summed E-state index contributed by atoms with van der Waals surface area (Å²) >= 11 is 0. The number of rotatable bonds is 4. The molecule has 0 amide bonds. The van der Waals surface area contributed by atoms with Crippen LogP contribution in [0.25, 0.3) is 0 Å². The van der Waals surface area contributed by atoms with E-state index in [4.69, 9.17) is 5.11 Å². The molecule has 5 heteroatoms. The average Bonchev–Trinajstić information content (AvgIpc) is 2.02. The van der Waals surface area contributed by atoms with E-state index in [0.717, 1.165) is 5.56 Å². The summed E-state index contributed by atoms with van der Waals surface area (Å²) < 4.78 is 24.9. The van der Waals surface area contributed by atoms with Crippen LogP contribution in [0, 0.1) is 6.92 Å². The minimum absolute atomic E-state index is 0.277. The molecule has 0 saturated carbocycles. The first-order chi connectivity index (χ1) is 6.53. The van der Waals surface area contributed by atoms with Crippen LogP contribution >= 0.6 is 0 Å². The van der Waals surface area contributed by atoms with Crippen molar-refractivity contribution >= 4 is 15.7 Å². The van der Waals surface area contributed by atoms with Gasteiger partial charge in [0.1, 0.15) is 0 Å². The summed E-state index contributed by atoms with van der Waals surface area (Å²) in [4.78, 5) is 0. The normalized spacial score (nSPS) is 11.3. The Bertz CT molecular complexity index is 400. The Morgan fingerprint density at radius 1 is 1.43 bits per heavy atom. The molecule has 1 rings (SSSR count). The van der Waals surface area contributed by atoms with E-state index >= 15 is 0 Å². The molecule has 0 bridgehead atoms. The maximum atomic E-state index is 11.2. The molecular weight excluding hydrogens is 202 g/mol. The van der Waals surface area contributed by atoms with E-state index in [1.165, 1.54) is 0 Å². The molecule has 1 aromatic rings. The Morgan fingerprint density at radius 3 is 2.71 bits per heavy atom. The first-order valence-electron chi connectivity index (χ1n) is 4.21. The van der Waals surface area contributed by atoms with Gasteiger partial charge in [0.2, 0.25) is 10.0 Å². The zero-order chi connectivity index (χ0) is 10.6. The highest BCUT2D eigenvalue weighted by molar-refractivity contribution is 7.92. The third kappa shape index (κ3) is 3.35. The lowest BCUT2D eigenvalue weighted by atomic mass is 10.2. The van der Waals surface area contributed by atoms with Crippen molar-refractivity contribution in [3.63, 3.8) is 0 Å². The van der Waals surface area contributed by atoms with E-state index in [-0.39, 0.29) is 12.4 Å². The summed E-state index contributed by atoms with van der Waals surface area (Å²) in [7, 11) is -3.40. The van der Waals surface area contributed by atoms with Crippen LogP contribution in [0.5, 0.6) is 0 Å². The molecular formula is C9H13NO3S. The van der Waals surface area contributed by atoms with Crippen molar-refractivity contribution in [2.75, 3.05) is 17.1 Å². The van der Waals surface area contributed by atoms with Crippen molar-refractivity contribution in [3.8, 4) is 0 Å². The molecule has 0 unspecified atom stereocenters. The molecule has 0 atom stereocenters. The summed E-state index contributed by atoms with van der Waals surface area (Å²) in [6.07, 6.45) is 0. The van der Waals surface area contributed by atoms with Gasteiger partial charge in [-0.2, -0.15) is 0 Å². The van der Waals surface area contributed by atoms with Crippen LogP contribution in [0.1, 0.15) is 5.56 Å². The molecule has 14 heavy (non-hydrogen) atoms. The van der Waals surface area contributed by atoms with E-state index < -0.39 is 10.0 Å². The number of sulfonamides is 1. The van der Waals surface area contributed by atoms with Gasteiger partial charge in [0.05, 0.1) is 12.4 Å². The Labute approximate surface area is 83.6 Å². The minimum atomic E-state index is -3.40. The zero-order valence-electron chi connectivity index (χ0n) is 7.90. The van der Waals surface area contributed by atoms with Gasteiger partial charge in [0.25, 0.3) is 0 Å². The molecule has 0 saturated heterocycles. The Kier molecular flexibility index (Phi) is 3.49. The van der Waals surface area contributed by atoms with Gasteiger partial charge in [-0.25, -0.2) is 8.42 Å². The molecule has 0 aliphatic carbocycles. The first-order valence-corrected chi connectivity index (χ1v) is 5.87. The number of hydrogen-bond acceptors (Lipinski definition) is 3. The molecule has 0 heterocycles. The number of nitrogens with one attached hydrogen (secondary N) is 1. The lowest BCUT2D eigenvalue weighted by Crippen LogP contribution is -2.18. The van der Waals surface area contributed by atoms with Crippen LogP contribution in [-0.2, 0) is 10.0 Å². The fourth-order valence-corrected chi connectivity index (χ4v) is 1.89. The Morgan fingerprint density at radius 2 is 2.14 bits per heavy atom. The molecule has 0 fully saturated rings. The molecule has 1 aromatic carbocycles. The van der Waals surface area contributed by atoms with E-state index in [9.17, 15) is 8.42 Å². The van der Waals surface area contributed by atoms with Gasteiger partial charge in [-0.05, 0) is 24.6 Å². The summed E-state index contributed by atoms with van der Waals surface area (Å²) in [5.41, 5.74) is 1.51. The minimum Gasteiger partial charge on any atom is -0.395 e. The van der Waals surface area contributed by atoms with Crippen LogP contribution in [0.3, 0.4) is 0 Å². The SMILES string of the molecule is Cc1cccc(NS(=O)(=O)CCO)c1. The second-order valence-electron chi connectivity index (χ2n) is 3.01. The van der Waals surface area contributed by atoms with Crippen molar-refractivity contribution in [3.05, 3.63) is 29.8 Å². The second kappa shape index (κ2) is 4.43. The number of benzene rings is 1. The second-order valence-corrected chi connectivity index (χ2v) is 4.86. The van der Waals surface area contributed by atoms with Crippen LogP contribution in [0.2, 0.25) is 0 Å². The largest absolute Gasteiger partial charge is 0.395 e. The van der Waals surface area contributed by atoms with E-state index in [1.807, 2.05) is 13.0 Å². The zero-order valence-corrected chi connectivity index (χ0v) is 8.71. The highest BCUT2D eigenvalue weighted by Gasteiger charge is 2.08. The summed E-state index contributed by atoms with van der Waals surface area (Å²) in [5, 5.41) is 8.52. The van der Waals surface area contributed by atoms with Crippen molar-refractivity contribution < 1.29 is 13.5 Å². The van der Waals surface area contributed by atoms with Gasteiger partial charge in [-0.15, -0.1) is 0 Å². The van der Waals surface area contributed by atoms with Gasteiger partial charge in [0.15, 0.2) is 0 Å². The third-order valence-corrected chi connectivity index (χ3v) is 2.92. The number of aliphatic hydroxyl groups is 1. The van der Waals surface area contributed by atoms with Crippen LogP contribution in [0.4, 0.5) is 5.69 Å². The molecule has 2 N–H and O–H groups in total. The molecule has 0 spiro atoms. The van der Waals surface area contributed by atoms with Crippen LogP contribution in [-0.4, -0.2) is 25.9 Å². The lowest BCUT2D eigenvalue weighted by molar-refractivity contribution is 0.320. The summed E-state index contributed by atoms with van der Waals surface area (Å²) in [6.45, 7) is 1.50. The van der Waals surface area contributed by atoms with Gasteiger partial charge in [0, 0.05) is 5.69 Å². The van der Waals surface area contributed by atoms with E-state index in [1.54, 1.807) is 18.2 Å². The Balaban J connectivity index is 2.79. The monoisotopic (exact) mass is 215 g/mol. The number of aryl methyl sites for hydroxylation is 1. The first kappa shape index (κ1) is 11.0. The molecule has 0 aliphatic heterocycles. The predicted molar refractivity (Wildman–Crippen MR) is 55.7 cm³/mol. The smallest absolute Gasteiger partial charge is 0.234 e. The molecule has 0 radical (unpaired) electrons. The van der Waals surface area contributed by atoms with E-state index in [0.29, 0.717) is 5.69 Å². The highest BCUT2D eigenvalue weighted by atomic mass is 32.2. The Hall–Kier alpha value is -1.07. The maximum absolute atomic E-state index is 11.2. The van der Waals surface area contributed by atoms with Gasteiger partial charge >= 0.3 is 0 Å². The van der Waals surface area contributed by atoms with Crippen molar-refractivity contribution in [1.29, 1.82) is 0 Å². The fourth-order valence-electron chi connectivity index (χ4n) is 1.06. The predicted octanol–water partition coefficient (Wildman–Crippen LogP) is 0.729. The quantitative estimate of drug-likeness (QED) is 0.778. The molecule has 0 aromatic heterocycles. The standard InChI is InChI=1S/C9H13NO3S/c1-8-3-2-4-9(7-8)10-14(12,13)6-5-11/h2-4,7,10-11H,5-6H2,1H3. The number of aliphatic hydroxyl groups excluding tert-OH is 1. The van der Waals surface area contributed by atoms with Crippen LogP contribution in [0.15, 0.2) is 24.3 Å². The topological polar surface area (TPSA) is 66.4 Å². The number of hydrogen-bond donors (Lipinski definition) is 2. The summed E-state index contributed by atoms with van der Waals surface area (Å²) in [6, 6.07) is 7.05. The van der Waals surface area contributed by atoms with Crippen molar-refractivity contribution in [1.82, 2.24) is 0 Å². The fraction of sp³-hybridized carbons (Fsp3) is 0.333. The van der Waals surface area contributed by atoms with Gasteiger partial charge in [-0.1, -0.05) is 12.1 Å². The van der Waals surface area contributed by atoms with Crippen LogP contribution < -0.4 is 4.72 Å². The average molecular weight is 215 g/mol. The van der Waals surface area contributed by atoms with Crippen molar-refractivity contribution in [2.24, 2.45) is 0 Å². The molecule has 78 valence electrons. The third-order valence-electron chi connectivity index (χ3n) is 1.65.